The van der Waals surface area contributed by atoms with Crippen LogP contribution in [0.5, 0.6) is 0 Å². The predicted molar refractivity (Wildman–Crippen MR) is 63.7 cm³/mol. The zero-order valence-corrected chi connectivity index (χ0v) is 10.8. The Morgan fingerprint density at radius 3 is 2.88 bits per heavy atom. The van der Waals surface area contributed by atoms with Gasteiger partial charge in [-0.15, -0.1) is 0 Å². The molecule has 2 atom stereocenters. The van der Waals surface area contributed by atoms with Crippen LogP contribution in [0.1, 0.15) is 50.4 Å². The minimum absolute atomic E-state index is 0.0128. The molecule has 1 aromatic heterocycles. The molecule has 1 aliphatic carbocycles. The van der Waals surface area contributed by atoms with Crippen molar-refractivity contribution in [3.63, 3.8) is 0 Å². The number of likely N-dealkylation sites (N-methyl/N-ethyl adjacent to an activating group) is 1. The maximum atomic E-state index is 5.43. The number of methoxy groups -OCH3 is 1. The molecular formula is C12H21N3O2. The van der Waals surface area contributed by atoms with E-state index in [0.29, 0.717) is 17.6 Å². The molecule has 1 saturated carbocycles. The SMILES string of the molecule is CCNCC(C)c1nc(C(OC)C2CC2)no1. The average Bonchev–Trinajstić information content (AvgIpc) is 3.04. The molecule has 1 aliphatic rings. The molecule has 5 heteroatoms. The second-order valence-electron chi connectivity index (χ2n) is 4.69. The fourth-order valence-corrected chi connectivity index (χ4v) is 1.92. The van der Waals surface area contributed by atoms with Crippen LogP contribution in [0.2, 0.25) is 0 Å². The Bertz CT molecular complexity index is 349. The lowest BCUT2D eigenvalue weighted by Gasteiger charge is -2.08. The van der Waals surface area contributed by atoms with E-state index in [1.165, 1.54) is 12.8 Å². The van der Waals surface area contributed by atoms with E-state index >= 15 is 0 Å². The summed E-state index contributed by atoms with van der Waals surface area (Å²) in [4.78, 5) is 4.45. The van der Waals surface area contributed by atoms with Crippen LogP contribution in [-0.2, 0) is 4.74 Å². The number of rotatable bonds is 7. The van der Waals surface area contributed by atoms with Crippen LogP contribution in [0, 0.1) is 5.92 Å². The van der Waals surface area contributed by atoms with Crippen molar-refractivity contribution in [3.05, 3.63) is 11.7 Å². The van der Waals surface area contributed by atoms with Crippen molar-refractivity contribution in [2.75, 3.05) is 20.2 Å². The van der Waals surface area contributed by atoms with Gasteiger partial charge in [0.2, 0.25) is 11.7 Å². The van der Waals surface area contributed by atoms with Crippen LogP contribution in [-0.4, -0.2) is 30.3 Å². The quantitative estimate of drug-likeness (QED) is 0.787. The van der Waals surface area contributed by atoms with Gasteiger partial charge in [-0.1, -0.05) is 19.0 Å². The predicted octanol–water partition coefficient (Wildman–Crippen LogP) is 1.88. The third-order valence-electron chi connectivity index (χ3n) is 3.14. The van der Waals surface area contributed by atoms with Crippen molar-refractivity contribution in [1.82, 2.24) is 15.5 Å². The molecule has 2 rings (SSSR count). The molecule has 0 aliphatic heterocycles. The number of ether oxygens (including phenoxy) is 1. The zero-order valence-electron chi connectivity index (χ0n) is 10.8. The summed E-state index contributed by atoms with van der Waals surface area (Å²) in [6.45, 7) is 5.98. The summed E-state index contributed by atoms with van der Waals surface area (Å²) >= 11 is 0. The molecule has 0 amide bonds. The summed E-state index contributed by atoms with van der Waals surface area (Å²) in [5, 5.41) is 7.31. The van der Waals surface area contributed by atoms with Crippen LogP contribution in [0.15, 0.2) is 4.52 Å². The van der Waals surface area contributed by atoms with E-state index in [-0.39, 0.29) is 12.0 Å². The van der Waals surface area contributed by atoms with Crippen molar-refractivity contribution in [2.24, 2.45) is 5.92 Å². The molecule has 0 spiro atoms. The molecule has 2 unspecified atom stereocenters. The minimum Gasteiger partial charge on any atom is -0.373 e. The summed E-state index contributed by atoms with van der Waals surface area (Å²) in [6.07, 6.45) is 2.42. The summed E-state index contributed by atoms with van der Waals surface area (Å²) in [6, 6.07) is 0. The molecule has 0 radical (unpaired) electrons. The number of nitrogens with one attached hydrogen (secondary N) is 1. The van der Waals surface area contributed by atoms with Gasteiger partial charge in [0.15, 0.2) is 0 Å². The van der Waals surface area contributed by atoms with E-state index in [2.05, 4.69) is 29.3 Å². The summed E-state index contributed by atoms with van der Waals surface area (Å²) in [7, 11) is 1.71. The van der Waals surface area contributed by atoms with Crippen molar-refractivity contribution < 1.29 is 9.26 Å². The zero-order chi connectivity index (χ0) is 12.3. The Kier molecular flexibility index (Phi) is 4.12. The average molecular weight is 239 g/mol. The van der Waals surface area contributed by atoms with Crippen LogP contribution in [0.25, 0.3) is 0 Å². The number of hydrogen-bond acceptors (Lipinski definition) is 5. The molecule has 1 aromatic rings. The van der Waals surface area contributed by atoms with Crippen molar-refractivity contribution in [3.8, 4) is 0 Å². The number of aromatic nitrogens is 2. The third-order valence-corrected chi connectivity index (χ3v) is 3.14. The normalized spacial score (nSPS) is 19.2. The Balaban J connectivity index is 1.98. The van der Waals surface area contributed by atoms with Gasteiger partial charge in [-0.2, -0.15) is 4.98 Å². The fourth-order valence-electron chi connectivity index (χ4n) is 1.92. The minimum atomic E-state index is 0.0128. The molecule has 0 aromatic carbocycles. The highest BCUT2D eigenvalue weighted by molar-refractivity contribution is 5.00. The lowest BCUT2D eigenvalue weighted by atomic mass is 10.2. The molecule has 0 saturated heterocycles. The highest BCUT2D eigenvalue weighted by Crippen LogP contribution is 2.42. The highest BCUT2D eigenvalue weighted by atomic mass is 16.5. The molecule has 1 N–H and O–H groups in total. The molecule has 17 heavy (non-hydrogen) atoms. The van der Waals surface area contributed by atoms with E-state index in [1.54, 1.807) is 7.11 Å². The maximum absolute atomic E-state index is 5.43. The Hall–Kier alpha value is -0.940. The maximum Gasteiger partial charge on any atom is 0.230 e. The number of hydrogen-bond donors (Lipinski definition) is 1. The lowest BCUT2D eigenvalue weighted by molar-refractivity contribution is 0.0751. The van der Waals surface area contributed by atoms with Crippen LogP contribution >= 0.6 is 0 Å². The standard InChI is InChI=1S/C12H21N3O2/c1-4-13-7-8(2)12-14-11(15-17-12)10(16-3)9-5-6-9/h8-10,13H,4-7H2,1-3H3. The van der Waals surface area contributed by atoms with Gasteiger partial charge >= 0.3 is 0 Å². The summed E-state index contributed by atoms with van der Waals surface area (Å²) in [5.74, 6) is 2.22. The highest BCUT2D eigenvalue weighted by Gasteiger charge is 2.35. The molecule has 96 valence electrons. The van der Waals surface area contributed by atoms with E-state index < -0.39 is 0 Å². The van der Waals surface area contributed by atoms with Gasteiger partial charge in [0.1, 0.15) is 6.10 Å². The van der Waals surface area contributed by atoms with Crippen LogP contribution in [0.4, 0.5) is 0 Å². The van der Waals surface area contributed by atoms with Gasteiger partial charge in [0.25, 0.3) is 0 Å². The van der Waals surface area contributed by atoms with Crippen molar-refractivity contribution >= 4 is 0 Å². The molecule has 1 heterocycles. The topological polar surface area (TPSA) is 60.2 Å². The third kappa shape index (κ3) is 3.04. The van der Waals surface area contributed by atoms with E-state index in [1.807, 2.05) is 0 Å². The molecular weight excluding hydrogens is 218 g/mol. The monoisotopic (exact) mass is 239 g/mol. The van der Waals surface area contributed by atoms with Gasteiger partial charge in [0, 0.05) is 19.6 Å². The van der Waals surface area contributed by atoms with Gasteiger partial charge in [-0.05, 0) is 25.3 Å². The van der Waals surface area contributed by atoms with Gasteiger partial charge in [0.05, 0.1) is 0 Å². The smallest absolute Gasteiger partial charge is 0.230 e. The summed E-state index contributed by atoms with van der Waals surface area (Å²) in [5.41, 5.74) is 0. The first-order valence-electron chi connectivity index (χ1n) is 6.33. The first kappa shape index (κ1) is 12.5. The second kappa shape index (κ2) is 5.60. The first-order valence-corrected chi connectivity index (χ1v) is 6.33. The van der Waals surface area contributed by atoms with Gasteiger partial charge in [-0.25, -0.2) is 0 Å². The van der Waals surface area contributed by atoms with Gasteiger partial charge in [-0.3, -0.25) is 0 Å². The Labute approximate surface area is 102 Å². The van der Waals surface area contributed by atoms with E-state index in [4.69, 9.17) is 9.26 Å². The van der Waals surface area contributed by atoms with Crippen molar-refractivity contribution in [2.45, 2.75) is 38.7 Å². The first-order chi connectivity index (χ1) is 8.26. The second-order valence-corrected chi connectivity index (χ2v) is 4.69. The van der Waals surface area contributed by atoms with Crippen molar-refractivity contribution in [1.29, 1.82) is 0 Å². The Morgan fingerprint density at radius 2 is 2.29 bits per heavy atom. The lowest BCUT2D eigenvalue weighted by Crippen LogP contribution is -2.19. The molecule has 5 nitrogen and oxygen atoms in total. The van der Waals surface area contributed by atoms with Crippen LogP contribution in [0.3, 0.4) is 0 Å². The molecule has 0 bridgehead atoms. The molecule has 1 fully saturated rings. The largest absolute Gasteiger partial charge is 0.373 e. The van der Waals surface area contributed by atoms with E-state index in [0.717, 1.165) is 13.1 Å². The Morgan fingerprint density at radius 1 is 1.53 bits per heavy atom. The fraction of sp³-hybridized carbons (Fsp3) is 0.833. The number of nitrogens with zero attached hydrogens (tertiary/aromatic N) is 2. The van der Waals surface area contributed by atoms with Gasteiger partial charge < -0.3 is 14.6 Å². The summed E-state index contributed by atoms with van der Waals surface area (Å²) < 4.78 is 10.7. The van der Waals surface area contributed by atoms with E-state index in [9.17, 15) is 0 Å². The van der Waals surface area contributed by atoms with Crippen LogP contribution < -0.4 is 5.32 Å².